The lowest BCUT2D eigenvalue weighted by Gasteiger charge is -2.33. The number of amides is 1. The van der Waals surface area contributed by atoms with Crippen LogP contribution < -0.4 is 10.6 Å². The molecule has 23 heavy (non-hydrogen) atoms. The van der Waals surface area contributed by atoms with Crippen molar-refractivity contribution in [1.29, 1.82) is 0 Å². The molecule has 124 valence electrons. The molecule has 2 N–H and O–H groups in total. The monoisotopic (exact) mass is 316 g/mol. The molecular formula is C19H25FN2O. The van der Waals surface area contributed by atoms with E-state index in [-0.39, 0.29) is 23.7 Å². The van der Waals surface area contributed by atoms with E-state index in [2.05, 4.69) is 10.6 Å². The Labute approximate surface area is 137 Å². The minimum Gasteiger partial charge on any atom is -0.351 e. The number of carbonyl (C=O) groups excluding carboxylic acids is 1. The predicted molar refractivity (Wildman–Crippen MR) is 87.6 cm³/mol. The zero-order valence-corrected chi connectivity index (χ0v) is 13.5. The Morgan fingerprint density at radius 3 is 2.83 bits per heavy atom. The van der Waals surface area contributed by atoms with Crippen LogP contribution in [-0.2, 0) is 4.79 Å². The number of hydrogen-bond acceptors (Lipinski definition) is 2. The van der Waals surface area contributed by atoms with Gasteiger partial charge < -0.3 is 10.6 Å². The second kappa shape index (κ2) is 5.90. The van der Waals surface area contributed by atoms with Gasteiger partial charge in [-0.15, -0.1) is 0 Å². The molecule has 1 saturated heterocycles. The number of nitrogens with one attached hydrogen (secondary N) is 2. The molecule has 2 unspecified atom stereocenters. The second-order valence-corrected chi connectivity index (χ2v) is 7.66. The summed E-state index contributed by atoms with van der Waals surface area (Å²) in [5, 5.41) is 6.64. The normalized spacial score (nSPS) is 35.6. The zero-order chi connectivity index (χ0) is 15.9. The maximum atomic E-state index is 13.2. The summed E-state index contributed by atoms with van der Waals surface area (Å²) in [6, 6.07) is 6.86. The third-order valence-electron chi connectivity index (χ3n) is 6.23. The van der Waals surface area contributed by atoms with Crippen LogP contribution in [0.4, 0.5) is 4.39 Å². The van der Waals surface area contributed by atoms with Gasteiger partial charge in [0.05, 0.1) is 0 Å². The Morgan fingerprint density at radius 1 is 1.30 bits per heavy atom. The molecule has 0 bridgehead atoms. The summed E-state index contributed by atoms with van der Waals surface area (Å²) < 4.78 is 13.2. The lowest BCUT2D eigenvalue weighted by molar-refractivity contribution is -0.123. The number of carbonyl (C=O) groups is 1. The number of fused-ring (bicyclic) bond motifs is 1. The standard InChI is InChI=1S/C19H25FN2O/c20-15-5-3-13(4-6-15)16-7-9-21-12-17(16)22-18(23)11-19-8-1-2-14(19)10-19/h3-6,14,16-17,21H,1-2,7-12H2,(H,22,23)/t14?,16-,17-,19?/m0/s1. The van der Waals surface area contributed by atoms with Crippen LogP contribution in [0.5, 0.6) is 0 Å². The molecule has 1 aromatic rings. The molecule has 4 rings (SSSR count). The van der Waals surface area contributed by atoms with E-state index in [9.17, 15) is 9.18 Å². The highest BCUT2D eigenvalue weighted by Gasteiger charge is 2.57. The smallest absolute Gasteiger partial charge is 0.220 e. The van der Waals surface area contributed by atoms with Crippen molar-refractivity contribution in [3.05, 3.63) is 35.6 Å². The van der Waals surface area contributed by atoms with Crippen molar-refractivity contribution in [3.63, 3.8) is 0 Å². The topological polar surface area (TPSA) is 41.1 Å². The summed E-state index contributed by atoms with van der Waals surface area (Å²) in [5.74, 6) is 1.08. The molecule has 2 saturated carbocycles. The average Bonchev–Trinajstić information content (AvgIpc) is 3.07. The van der Waals surface area contributed by atoms with E-state index in [1.165, 1.54) is 37.8 Å². The number of rotatable bonds is 4. The van der Waals surface area contributed by atoms with Crippen molar-refractivity contribution in [2.24, 2.45) is 11.3 Å². The van der Waals surface area contributed by atoms with Gasteiger partial charge in [-0.05, 0) is 61.3 Å². The maximum Gasteiger partial charge on any atom is 0.220 e. The van der Waals surface area contributed by atoms with Gasteiger partial charge in [-0.2, -0.15) is 0 Å². The van der Waals surface area contributed by atoms with Gasteiger partial charge in [-0.25, -0.2) is 4.39 Å². The number of halogens is 1. The Balaban J connectivity index is 1.41. The Kier molecular flexibility index (Phi) is 3.88. The van der Waals surface area contributed by atoms with Crippen molar-refractivity contribution in [2.75, 3.05) is 13.1 Å². The van der Waals surface area contributed by atoms with Crippen molar-refractivity contribution in [2.45, 2.75) is 50.5 Å². The SMILES string of the molecule is O=C(CC12CCCC1C2)N[C@H]1CNCC[C@H]1c1ccc(F)cc1. The summed E-state index contributed by atoms with van der Waals surface area (Å²) in [5.41, 5.74) is 1.47. The van der Waals surface area contributed by atoms with Crippen LogP contribution in [0.15, 0.2) is 24.3 Å². The fourth-order valence-electron chi connectivity index (χ4n) is 4.85. The average molecular weight is 316 g/mol. The lowest BCUT2D eigenvalue weighted by atomic mass is 9.85. The molecule has 0 aromatic heterocycles. The second-order valence-electron chi connectivity index (χ2n) is 7.66. The van der Waals surface area contributed by atoms with Gasteiger partial charge in [0.25, 0.3) is 0 Å². The maximum absolute atomic E-state index is 13.2. The first kappa shape index (κ1) is 15.1. The largest absolute Gasteiger partial charge is 0.351 e. The van der Waals surface area contributed by atoms with E-state index in [1.807, 2.05) is 12.1 Å². The van der Waals surface area contributed by atoms with E-state index in [4.69, 9.17) is 0 Å². The summed E-state index contributed by atoms with van der Waals surface area (Å²) in [6.07, 6.45) is 6.77. The van der Waals surface area contributed by atoms with Gasteiger partial charge in [0, 0.05) is 24.9 Å². The van der Waals surface area contributed by atoms with Gasteiger partial charge >= 0.3 is 0 Å². The van der Waals surface area contributed by atoms with E-state index in [0.29, 0.717) is 11.8 Å². The van der Waals surface area contributed by atoms with Crippen LogP contribution in [0.25, 0.3) is 0 Å². The minimum atomic E-state index is -0.205. The summed E-state index contributed by atoms with van der Waals surface area (Å²) in [4.78, 5) is 12.5. The van der Waals surface area contributed by atoms with Crippen LogP contribution in [0.1, 0.15) is 50.0 Å². The van der Waals surface area contributed by atoms with Crippen molar-refractivity contribution in [1.82, 2.24) is 10.6 Å². The number of benzene rings is 1. The Morgan fingerprint density at radius 2 is 2.13 bits per heavy atom. The van der Waals surface area contributed by atoms with Crippen LogP contribution >= 0.6 is 0 Å². The molecule has 3 fully saturated rings. The molecule has 0 spiro atoms. The van der Waals surface area contributed by atoms with Gasteiger partial charge in [0.1, 0.15) is 5.82 Å². The molecular weight excluding hydrogens is 291 g/mol. The first-order valence-electron chi connectivity index (χ1n) is 8.92. The molecule has 1 amide bonds. The molecule has 1 aromatic carbocycles. The molecule has 3 nitrogen and oxygen atoms in total. The fourth-order valence-corrected chi connectivity index (χ4v) is 4.85. The van der Waals surface area contributed by atoms with E-state index in [1.54, 1.807) is 0 Å². The van der Waals surface area contributed by atoms with Crippen LogP contribution in [-0.4, -0.2) is 25.0 Å². The highest BCUT2D eigenvalue weighted by Crippen LogP contribution is 2.65. The summed E-state index contributed by atoms with van der Waals surface area (Å²) >= 11 is 0. The summed E-state index contributed by atoms with van der Waals surface area (Å²) in [7, 11) is 0. The van der Waals surface area contributed by atoms with E-state index >= 15 is 0 Å². The van der Waals surface area contributed by atoms with Gasteiger partial charge in [-0.3, -0.25) is 4.79 Å². The zero-order valence-electron chi connectivity index (χ0n) is 13.5. The van der Waals surface area contributed by atoms with E-state index < -0.39 is 0 Å². The van der Waals surface area contributed by atoms with Crippen LogP contribution in [0.3, 0.4) is 0 Å². The minimum absolute atomic E-state index is 0.108. The Bertz CT molecular complexity index is 588. The first-order chi connectivity index (χ1) is 11.2. The van der Waals surface area contributed by atoms with Gasteiger partial charge in [-0.1, -0.05) is 18.6 Å². The van der Waals surface area contributed by atoms with Crippen LogP contribution in [0, 0.1) is 17.2 Å². The van der Waals surface area contributed by atoms with Crippen LogP contribution in [0.2, 0.25) is 0 Å². The number of hydrogen-bond donors (Lipinski definition) is 2. The predicted octanol–water partition coefficient (Wildman–Crippen LogP) is 2.97. The van der Waals surface area contributed by atoms with Gasteiger partial charge in [0.15, 0.2) is 0 Å². The fraction of sp³-hybridized carbons (Fsp3) is 0.632. The molecule has 1 aliphatic heterocycles. The first-order valence-corrected chi connectivity index (χ1v) is 8.92. The quantitative estimate of drug-likeness (QED) is 0.896. The lowest BCUT2D eigenvalue weighted by Crippen LogP contribution is -2.50. The third kappa shape index (κ3) is 3.01. The van der Waals surface area contributed by atoms with Crippen molar-refractivity contribution in [3.8, 4) is 0 Å². The molecule has 4 heteroatoms. The Hall–Kier alpha value is -1.42. The summed E-state index contributed by atoms with van der Waals surface area (Å²) in [6.45, 7) is 1.74. The van der Waals surface area contributed by atoms with Crippen molar-refractivity contribution < 1.29 is 9.18 Å². The molecule has 3 aliphatic rings. The highest BCUT2D eigenvalue weighted by atomic mass is 19.1. The molecule has 4 atom stereocenters. The third-order valence-corrected chi connectivity index (χ3v) is 6.23. The van der Waals surface area contributed by atoms with Gasteiger partial charge in [0.2, 0.25) is 5.91 Å². The number of piperidine rings is 1. The van der Waals surface area contributed by atoms with Crippen molar-refractivity contribution >= 4 is 5.91 Å². The van der Waals surface area contributed by atoms with E-state index in [0.717, 1.165) is 31.0 Å². The molecule has 2 aliphatic carbocycles. The molecule has 0 radical (unpaired) electrons. The highest BCUT2D eigenvalue weighted by molar-refractivity contribution is 5.77. The molecule has 1 heterocycles.